The number of aliphatic carboxylic acids is 1. The number of hydrogen-bond donors (Lipinski definition) is 2. The first-order chi connectivity index (χ1) is 15.4. The van der Waals surface area contributed by atoms with Crippen LogP contribution in [0.4, 0.5) is 5.69 Å². The molecule has 5 nitrogen and oxygen atoms in total. The number of anilines is 1. The number of carboxylic acids is 1. The molecule has 3 aromatic carbocycles. The molecular formula is C27H29NO4. The number of rotatable bonds is 8. The van der Waals surface area contributed by atoms with Crippen LogP contribution in [0.25, 0.3) is 17.2 Å². The van der Waals surface area contributed by atoms with Gasteiger partial charge in [-0.15, -0.1) is 0 Å². The monoisotopic (exact) mass is 431 g/mol. The lowest BCUT2D eigenvalue weighted by Crippen LogP contribution is -2.03. The molecule has 0 atom stereocenters. The van der Waals surface area contributed by atoms with E-state index in [1.54, 1.807) is 27.2 Å². The van der Waals surface area contributed by atoms with Crippen molar-refractivity contribution in [3.8, 4) is 22.6 Å². The predicted octanol–water partition coefficient (Wildman–Crippen LogP) is 6.09. The van der Waals surface area contributed by atoms with Crippen molar-refractivity contribution in [1.82, 2.24) is 0 Å². The highest BCUT2D eigenvalue weighted by Gasteiger charge is 2.21. The second-order valence-electron chi connectivity index (χ2n) is 7.65. The van der Waals surface area contributed by atoms with Crippen molar-refractivity contribution in [2.45, 2.75) is 27.3 Å². The Labute approximate surface area is 189 Å². The molecule has 0 saturated carbocycles. The van der Waals surface area contributed by atoms with Crippen LogP contribution < -0.4 is 14.8 Å². The third-order valence-corrected chi connectivity index (χ3v) is 5.55. The Kier molecular flexibility index (Phi) is 7.21. The molecule has 5 heteroatoms. The summed E-state index contributed by atoms with van der Waals surface area (Å²) in [5.74, 6) is 0.383. The summed E-state index contributed by atoms with van der Waals surface area (Å²) in [6, 6.07) is 18.4. The van der Waals surface area contributed by atoms with Crippen LogP contribution in [0.2, 0.25) is 0 Å². The fourth-order valence-corrected chi connectivity index (χ4v) is 3.84. The number of hydrogen-bond acceptors (Lipinski definition) is 4. The second kappa shape index (κ2) is 10.1. The van der Waals surface area contributed by atoms with E-state index in [0.717, 1.165) is 34.5 Å². The van der Waals surface area contributed by atoms with Gasteiger partial charge in [-0.05, 0) is 50.1 Å². The van der Waals surface area contributed by atoms with Gasteiger partial charge in [-0.3, -0.25) is 0 Å². The molecule has 0 aliphatic carbocycles. The van der Waals surface area contributed by atoms with Crippen molar-refractivity contribution in [3.63, 3.8) is 0 Å². The quantitative estimate of drug-likeness (QED) is 0.423. The molecule has 2 N–H and O–H groups in total. The molecule has 0 aliphatic heterocycles. The smallest absolute Gasteiger partial charge is 0.331 e. The van der Waals surface area contributed by atoms with Crippen molar-refractivity contribution >= 4 is 17.7 Å². The van der Waals surface area contributed by atoms with E-state index in [4.69, 9.17) is 9.47 Å². The Hall–Kier alpha value is -3.73. The summed E-state index contributed by atoms with van der Waals surface area (Å²) in [7, 11) is 3.23. The minimum absolute atomic E-state index is 0.231. The van der Waals surface area contributed by atoms with Crippen molar-refractivity contribution < 1.29 is 19.4 Å². The number of ether oxygens (including phenoxy) is 2. The summed E-state index contributed by atoms with van der Waals surface area (Å²) in [6.45, 7) is 6.20. The standard InChI is InChI=1S/C27H29NO4/c1-17(27(29)30)15-23-18(2)26(32-5)24(19(3)25(23)31-4)21-11-13-22(14-12-21)28-16-20-9-7-6-8-10-20/h6-15,28H,16H2,1-5H3,(H,29,30). The zero-order chi connectivity index (χ0) is 23.3. The first kappa shape index (κ1) is 22.9. The molecule has 0 spiro atoms. The van der Waals surface area contributed by atoms with E-state index in [0.29, 0.717) is 17.1 Å². The molecule has 0 radical (unpaired) electrons. The predicted molar refractivity (Wildman–Crippen MR) is 130 cm³/mol. The highest BCUT2D eigenvalue weighted by atomic mass is 16.5. The molecule has 32 heavy (non-hydrogen) atoms. The van der Waals surface area contributed by atoms with Gasteiger partial charge in [0.05, 0.1) is 14.2 Å². The van der Waals surface area contributed by atoms with Crippen molar-refractivity contribution in [2.75, 3.05) is 19.5 Å². The van der Waals surface area contributed by atoms with Crippen molar-refractivity contribution in [1.29, 1.82) is 0 Å². The Morgan fingerprint density at radius 3 is 2.12 bits per heavy atom. The summed E-state index contributed by atoms with van der Waals surface area (Å²) >= 11 is 0. The molecule has 0 aliphatic rings. The van der Waals surface area contributed by atoms with Crippen molar-refractivity contribution in [3.05, 3.63) is 82.4 Å². The third kappa shape index (κ3) is 4.78. The number of nitrogens with one attached hydrogen (secondary N) is 1. The molecule has 3 aromatic rings. The van der Waals surface area contributed by atoms with Gasteiger partial charge in [0.15, 0.2) is 0 Å². The molecule has 0 aromatic heterocycles. The third-order valence-electron chi connectivity index (χ3n) is 5.55. The SMILES string of the molecule is COc1c(C)c(-c2ccc(NCc3ccccc3)cc2)c(OC)c(C)c1C=C(C)C(=O)O. The maximum Gasteiger partial charge on any atom is 0.331 e. The van der Waals surface area contributed by atoms with E-state index in [2.05, 4.69) is 29.6 Å². The zero-order valence-corrected chi connectivity index (χ0v) is 19.2. The van der Waals surface area contributed by atoms with Gasteiger partial charge in [-0.1, -0.05) is 42.5 Å². The summed E-state index contributed by atoms with van der Waals surface area (Å²) in [6.07, 6.45) is 1.63. The van der Waals surface area contributed by atoms with Crippen LogP contribution in [0.15, 0.2) is 60.2 Å². The fraction of sp³-hybridized carbons (Fsp3) is 0.222. The molecule has 0 amide bonds. The van der Waals surface area contributed by atoms with Crippen LogP contribution >= 0.6 is 0 Å². The normalized spacial score (nSPS) is 11.2. The van der Waals surface area contributed by atoms with Gasteiger partial charge in [0.2, 0.25) is 0 Å². The van der Waals surface area contributed by atoms with Crippen LogP contribution in [-0.4, -0.2) is 25.3 Å². The van der Waals surface area contributed by atoms with Gasteiger partial charge < -0.3 is 19.9 Å². The van der Waals surface area contributed by atoms with E-state index in [-0.39, 0.29) is 5.57 Å². The van der Waals surface area contributed by atoms with Crippen LogP contribution in [0.1, 0.15) is 29.2 Å². The highest BCUT2D eigenvalue weighted by Crippen LogP contribution is 2.44. The van der Waals surface area contributed by atoms with Crippen LogP contribution in [0, 0.1) is 13.8 Å². The molecule has 0 fully saturated rings. The molecule has 0 bridgehead atoms. The van der Waals surface area contributed by atoms with E-state index in [1.807, 2.05) is 44.2 Å². The minimum Gasteiger partial charge on any atom is -0.496 e. The topological polar surface area (TPSA) is 67.8 Å². The van der Waals surface area contributed by atoms with Gasteiger partial charge in [0, 0.05) is 40.1 Å². The number of carbonyl (C=O) groups is 1. The Morgan fingerprint density at radius 1 is 0.938 bits per heavy atom. The van der Waals surface area contributed by atoms with Gasteiger partial charge in [-0.25, -0.2) is 4.79 Å². The van der Waals surface area contributed by atoms with Crippen LogP contribution in [-0.2, 0) is 11.3 Å². The van der Waals surface area contributed by atoms with Gasteiger partial charge >= 0.3 is 5.97 Å². The lowest BCUT2D eigenvalue weighted by molar-refractivity contribution is -0.132. The number of methoxy groups -OCH3 is 2. The van der Waals surface area contributed by atoms with Gasteiger partial charge in [0.1, 0.15) is 11.5 Å². The molecule has 0 heterocycles. The molecule has 0 saturated heterocycles. The first-order valence-corrected chi connectivity index (χ1v) is 10.4. The lowest BCUT2D eigenvalue weighted by Gasteiger charge is -2.21. The Bertz CT molecular complexity index is 1130. The lowest BCUT2D eigenvalue weighted by atomic mass is 9.91. The van der Waals surface area contributed by atoms with Gasteiger partial charge in [0.25, 0.3) is 0 Å². The highest BCUT2D eigenvalue weighted by molar-refractivity contribution is 5.93. The Balaban J connectivity index is 2.01. The first-order valence-electron chi connectivity index (χ1n) is 10.4. The van der Waals surface area contributed by atoms with Crippen LogP contribution in [0.3, 0.4) is 0 Å². The van der Waals surface area contributed by atoms with Crippen molar-refractivity contribution in [2.24, 2.45) is 0 Å². The molecule has 3 rings (SSSR count). The summed E-state index contributed by atoms with van der Waals surface area (Å²) in [5, 5.41) is 12.8. The average Bonchev–Trinajstić information content (AvgIpc) is 2.80. The maximum atomic E-state index is 11.4. The van der Waals surface area contributed by atoms with E-state index in [9.17, 15) is 9.90 Å². The Morgan fingerprint density at radius 2 is 1.56 bits per heavy atom. The minimum atomic E-state index is -0.967. The molecule has 166 valence electrons. The number of benzene rings is 3. The maximum absolute atomic E-state index is 11.4. The molecule has 0 unspecified atom stereocenters. The second-order valence-corrected chi connectivity index (χ2v) is 7.65. The van der Waals surface area contributed by atoms with E-state index < -0.39 is 5.97 Å². The largest absolute Gasteiger partial charge is 0.496 e. The summed E-state index contributed by atoms with van der Waals surface area (Å²) < 4.78 is 11.5. The van der Waals surface area contributed by atoms with E-state index in [1.165, 1.54) is 5.56 Å². The summed E-state index contributed by atoms with van der Waals surface area (Å²) in [4.78, 5) is 11.4. The van der Waals surface area contributed by atoms with Crippen LogP contribution in [0.5, 0.6) is 11.5 Å². The number of carboxylic acid groups (broad SMARTS) is 1. The fourth-order valence-electron chi connectivity index (χ4n) is 3.84. The van der Waals surface area contributed by atoms with Gasteiger partial charge in [-0.2, -0.15) is 0 Å². The molecular weight excluding hydrogens is 402 g/mol. The zero-order valence-electron chi connectivity index (χ0n) is 19.2. The van der Waals surface area contributed by atoms with E-state index >= 15 is 0 Å². The average molecular weight is 432 g/mol. The summed E-state index contributed by atoms with van der Waals surface area (Å²) in [5.41, 5.74) is 6.84.